The molecule has 0 bridgehead atoms. The highest BCUT2D eigenvalue weighted by molar-refractivity contribution is 7.86. The van der Waals surface area contributed by atoms with Crippen molar-refractivity contribution in [3.8, 4) is 17.3 Å². The number of hydrogen-bond acceptors (Lipinski definition) is 7. The summed E-state index contributed by atoms with van der Waals surface area (Å²) in [7, 11) is -3.88. The van der Waals surface area contributed by atoms with Crippen LogP contribution >= 0.6 is 0 Å². The van der Waals surface area contributed by atoms with Crippen molar-refractivity contribution in [2.75, 3.05) is 17.8 Å². The first-order valence-electron chi connectivity index (χ1n) is 12.4. The minimum atomic E-state index is -3.88. The number of piperidine rings is 1. The Morgan fingerprint density at radius 2 is 1.82 bits per heavy atom. The number of rotatable bonds is 7. The van der Waals surface area contributed by atoms with Gasteiger partial charge in [-0.15, -0.1) is 8.42 Å². The van der Waals surface area contributed by atoms with Gasteiger partial charge < -0.3 is 9.64 Å². The second kappa shape index (κ2) is 10.4. The number of benzene rings is 1. The number of fused-ring (bicyclic) bond motifs is 1. The van der Waals surface area contributed by atoms with Crippen LogP contribution in [0.3, 0.4) is 0 Å². The van der Waals surface area contributed by atoms with Gasteiger partial charge in [-0.1, -0.05) is 3.97 Å². The molecule has 0 spiro atoms. The highest BCUT2D eigenvalue weighted by atomic mass is 32.2. The lowest BCUT2D eigenvalue weighted by atomic mass is 10.1. The molecule has 0 unspecified atom stereocenters. The van der Waals surface area contributed by atoms with E-state index < -0.39 is 10.2 Å². The van der Waals surface area contributed by atoms with Crippen LogP contribution in [-0.2, 0) is 10.2 Å². The fourth-order valence-electron chi connectivity index (χ4n) is 4.44. The molecule has 4 heterocycles. The Bertz CT molecular complexity index is 1580. The average Bonchev–Trinajstić information content (AvgIpc) is 3.30. The van der Waals surface area contributed by atoms with E-state index in [-0.39, 0.29) is 6.10 Å². The van der Waals surface area contributed by atoms with E-state index in [9.17, 15) is 8.42 Å². The lowest BCUT2D eigenvalue weighted by Gasteiger charge is -2.34. The summed E-state index contributed by atoms with van der Waals surface area (Å²) in [5.74, 6) is 0.945. The lowest BCUT2D eigenvalue weighted by molar-refractivity contribution is -0.510. The highest BCUT2D eigenvalue weighted by Gasteiger charge is 2.25. The third-order valence-electron chi connectivity index (χ3n) is 6.63. The highest BCUT2D eigenvalue weighted by Crippen LogP contribution is 2.30. The van der Waals surface area contributed by atoms with Crippen molar-refractivity contribution in [2.24, 2.45) is 0 Å². The van der Waals surface area contributed by atoms with Gasteiger partial charge in [-0.25, -0.2) is 14.6 Å². The summed E-state index contributed by atoms with van der Waals surface area (Å²) in [5, 5.41) is 8.07. The van der Waals surface area contributed by atoms with Crippen LogP contribution in [0.4, 0.5) is 11.4 Å². The molecule has 1 fully saturated rings. The van der Waals surface area contributed by atoms with Gasteiger partial charge in [-0.2, -0.15) is 10.1 Å². The quantitative estimate of drug-likeness (QED) is 0.275. The Balaban J connectivity index is 1.37. The van der Waals surface area contributed by atoms with Crippen molar-refractivity contribution in [3.63, 3.8) is 0 Å². The van der Waals surface area contributed by atoms with Gasteiger partial charge in [0.2, 0.25) is 5.88 Å². The summed E-state index contributed by atoms with van der Waals surface area (Å²) in [5.41, 5.74) is 2.79. The largest absolute Gasteiger partial charge is 0.474 e. The molecule has 11 nitrogen and oxygen atoms in total. The molecule has 196 valence electrons. The standard InChI is InChI=1S/C26H29N8O3S/c1-17(2)33-13-11-22(12-14-33)37-26-23-18(3)30-31-25(23)28-24(29-26)19-5-7-21(8-6-19)32-38(35,36)34-15-9-20(27-4)10-16-34/h5-10,15-17,22,32H,11-14H2,1-3H3,(H,28,29,30,31)/q+1. The van der Waals surface area contributed by atoms with E-state index in [1.54, 1.807) is 24.3 Å². The first-order valence-corrected chi connectivity index (χ1v) is 13.8. The molecule has 12 heteroatoms. The molecular formula is C26H29N8O3S+. The molecule has 1 aliphatic heterocycles. The Morgan fingerprint density at radius 3 is 2.45 bits per heavy atom. The molecule has 1 aliphatic rings. The molecule has 38 heavy (non-hydrogen) atoms. The molecular weight excluding hydrogens is 504 g/mol. The Morgan fingerprint density at radius 1 is 1.13 bits per heavy atom. The number of ether oxygens (including phenoxy) is 1. The summed E-state index contributed by atoms with van der Waals surface area (Å²) >= 11 is 0. The van der Waals surface area contributed by atoms with Gasteiger partial charge in [0.25, 0.3) is 0 Å². The van der Waals surface area contributed by atoms with E-state index in [1.807, 2.05) is 6.92 Å². The Kier molecular flexibility index (Phi) is 6.96. The number of H-pyrrole nitrogens is 1. The number of hydrogen-bond donors (Lipinski definition) is 2. The number of nitrogens with one attached hydrogen (secondary N) is 2. The fourth-order valence-corrected chi connectivity index (χ4v) is 5.42. The molecule has 0 amide bonds. The smallest absolute Gasteiger partial charge is 0.470 e. The second-order valence-electron chi connectivity index (χ2n) is 9.53. The minimum Gasteiger partial charge on any atom is -0.474 e. The molecule has 0 aliphatic carbocycles. The van der Waals surface area contributed by atoms with Crippen molar-refractivity contribution >= 4 is 32.6 Å². The van der Waals surface area contributed by atoms with Crippen LogP contribution in [0.5, 0.6) is 5.88 Å². The lowest BCUT2D eigenvalue weighted by Crippen LogP contribution is -2.46. The molecule has 0 radical (unpaired) electrons. The topological polar surface area (TPSA) is 121 Å². The Labute approximate surface area is 221 Å². The maximum atomic E-state index is 12.7. The summed E-state index contributed by atoms with van der Waals surface area (Å²) in [6, 6.07) is 10.2. The van der Waals surface area contributed by atoms with E-state index in [4.69, 9.17) is 16.3 Å². The zero-order valence-electron chi connectivity index (χ0n) is 21.4. The van der Waals surface area contributed by atoms with Crippen LogP contribution in [-0.4, -0.2) is 58.7 Å². The zero-order valence-corrected chi connectivity index (χ0v) is 22.2. The third kappa shape index (κ3) is 5.29. The van der Waals surface area contributed by atoms with Gasteiger partial charge >= 0.3 is 10.2 Å². The predicted molar refractivity (Wildman–Crippen MR) is 143 cm³/mol. The maximum Gasteiger partial charge on any atom is 0.470 e. The monoisotopic (exact) mass is 533 g/mol. The van der Waals surface area contributed by atoms with Crippen LogP contribution in [0.15, 0.2) is 48.8 Å². The van der Waals surface area contributed by atoms with Crippen LogP contribution in [0.2, 0.25) is 0 Å². The third-order valence-corrected chi connectivity index (χ3v) is 7.92. The molecule has 1 aromatic carbocycles. The number of aryl methyl sites for hydroxylation is 1. The average molecular weight is 534 g/mol. The minimum absolute atomic E-state index is 0.0587. The van der Waals surface area contributed by atoms with Crippen LogP contribution in [0, 0.1) is 13.5 Å². The van der Waals surface area contributed by atoms with Crippen molar-refractivity contribution in [1.82, 2.24) is 25.1 Å². The normalized spacial score (nSPS) is 15.0. The van der Waals surface area contributed by atoms with E-state index in [0.717, 1.165) is 41.0 Å². The summed E-state index contributed by atoms with van der Waals surface area (Å²) in [6.07, 6.45) is 4.55. The number of nitrogens with zero attached hydrogens (tertiary/aromatic N) is 6. The molecule has 4 aromatic rings. The summed E-state index contributed by atoms with van der Waals surface area (Å²) in [6.45, 7) is 15.3. The molecule has 5 rings (SSSR count). The summed E-state index contributed by atoms with van der Waals surface area (Å²) in [4.78, 5) is 15.1. The predicted octanol–water partition coefficient (Wildman–Crippen LogP) is 3.62. The molecule has 1 saturated heterocycles. The van der Waals surface area contributed by atoms with Gasteiger partial charge in [-0.05, 0) is 57.9 Å². The molecule has 2 N–H and O–H groups in total. The Hall–Kier alpha value is -4.08. The number of pyridine rings is 1. The molecule has 3 aromatic heterocycles. The van der Waals surface area contributed by atoms with E-state index >= 15 is 0 Å². The van der Waals surface area contributed by atoms with Gasteiger partial charge in [0.15, 0.2) is 29.6 Å². The number of likely N-dealkylation sites (tertiary alicyclic amines) is 1. The number of aromatic nitrogens is 5. The van der Waals surface area contributed by atoms with Crippen LogP contribution in [0.1, 0.15) is 32.4 Å². The summed E-state index contributed by atoms with van der Waals surface area (Å²) < 4.78 is 35.4. The van der Waals surface area contributed by atoms with Crippen molar-refractivity contribution in [3.05, 3.63) is 65.9 Å². The van der Waals surface area contributed by atoms with Gasteiger partial charge in [0.1, 0.15) is 11.5 Å². The van der Waals surface area contributed by atoms with E-state index in [0.29, 0.717) is 40.3 Å². The van der Waals surface area contributed by atoms with Crippen LogP contribution < -0.4 is 13.4 Å². The van der Waals surface area contributed by atoms with Crippen LogP contribution in [0.25, 0.3) is 27.3 Å². The molecule has 0 saturated carbocycles. The van der Waals surface area contributed by atoms with Gasteiger partial charge in [-0.3, -0.25) is 5.10 Å². The second-order valence-corrected chi connectivity index (χ2v) is 11.1. The van der Waals surface area contributed by atoms with Crippen molar-refractivity contribution in [2.45, 2.75) is 45.8 Å². The van der Waals surface area contributed by atoms with Crippen molar-refractivity contribution in [1.29, 1.82) is 0 Å². The SMILES string of the molecule is [C-]#[N+]c1cc[n+](S(=O)(=O)Nc2ccc(-c3nc(OC4CCN(C(C)C)CC4)c4c(C)[nH]nc4n3)cc2)cc1. The molecule has 0 atom stereocenters. The van der Waals surface area contributed by atoms with Crippen molar-refractivity contribution < 1.29 is 17.1 Å². The number of anilines is 1. The van der Waals surface area contributed by atoms with E-state index in [1.165, 1.54) is 24.5 Å². The fraction of sp³-hybridized carbons (Fsp3) is 0.346. The zero-order chi connectivity index (χ0) is 26.9. The van der Waals surface area contributed by atoms with E-state index in [2.05, 4.69) is 43.5 Å². The number of aromatic amines is 1. The first-order chi connectivity index (χ1) is 18.2. The van der Waals surface area contributed by atoms with Gasteiger partial charge in [0, 0.05) is 42.5 Å². The van der Waals surface area contributed by atoms with Gasteiger partial charge in [0.05, 0.1) is 12.3 Å². The maximum absolute atomic E-state index is 12.7. The first kappa shape index (κ1) is 25.6.